The minimum Gasteiger partial charge on any atom is -0.309 e. The number of hydrazone groups is 1. The Morgan fingerprint density at radius 1 is 1.20 bits per heavy atom. The van der Waals surface area contributed by atoms with Gasteiger partial charge in [0, 0.05) is 24.9 Å². The number of hydrogen-bond donors (Lipinski definition) is 3. The Kier molecular flexibility index (Phi) is 4.22. The van der Waals surface area contributed by atoms with Gasteiger partial charge in [0.1, 0.15) is 0 Å². The summed E-state index contributed by atoms with van der Waals surface area (Å²) in [6.07, 6.45) is -0.727. The largest absolute Gasteiger partial charge is 0.323 e. The van der Waals surface area contributed by atoms with Crippen molar-refractivity contribution in [2.75, 3.05) is 4.90 Å². The second kappa shape index (κ2) is 6.34. The average Bonchev–Trinajstić information content (AvgIpc) is 2.86. The minimum atomic E-state index is -1.08. The molecule has 5 amide bonds. The van der Waals surface area contributed by atoms with Gasteiger partial charge in [0.25, 0.3) is 5.91 Å². The van der Waals surface area contributed by atoms with E-state index in [-0.39, 0.29) is 17.7 Å². The lowest BCUT2D eigenvalue weighted by Gasteiger charge is -2.26. The van der Waals surface area contributed by atoms with Crippen LogP contribution in [0.3, 0.4) is 0 Å². The van der Waals surface area contributed by atoms with Gasteiger partial charge in [0.2, 0.25) is 11.8 Å². The number of urea groups is 1. The van der Waals surface area contributed by atoms with E-state index in [2.05, 4.69) is 21.2 Å². The fourth-order valence-electron chi connectivity index (χ4n) is 2.90. The molecule has 9 heteroatoms. The van der Waals surface area contributed by atoms with E-state index in [1.807, 2.05) is 6.92 Å². The monoisotopic (exact) mass is 343 g/mol. The molecule has 3 N–H and O–H groups in total. The molecular weight excluding hydrogens is 326 g/mol. The van der Waals surface area contributed by atoms with Crippen molar-refractivity contribution in [1.82, 2.24) is 16.1 Å². The van der Waals surface area contributed by atoms with Crippen molar-refractivity contribution in [1.29, 1.82) is 0 Å². The number of benzene rings is 1. The second-order valence-corrected chi connectivity index (χ2v) is 5.94. The molecule has 2 aliphatic heterocycles. The Hall–Kier alpha value is -3.23. The van der Waals surface area contributed by atoms with Crippen molar-refractivity contribution in [3.8, 4) is 0 Å². The molecule has 0 saturated carbocycles. The van der Waals surface area contributed by atoms with Gasteiger partial charge < -0.3 is 5.32 Å². The van der Waals surface area contributed by atoms with Crippen molar-refractivity contribution in [3.63, 3.8) is 0 Å². The first-order valence-electron chi connectivity index (χ1n) is 7.75. The maximum absolute atomic E-state index is 12.0. The predicted molar refractivity (Wildman–Crippen MR) is 88.5 cm³/mol. The number of anilines is 1. The van der Waals surface area contributed by atoms with E-state index < -0.39 is 18.1 Å². The number of carbonyl (C=O) groups is 4. The van der Waals surface area contributed by atoms with Crippen LogP contribution in [0.1, 0.15) is 25.8 Å². The van der Waals surface area contributed by atoms with Gasteiger partial charge in [-0.15, -0.1) is 0 Å². The summed E-state index contributed by atoms with van der Waals surface area (Å²) in [4.78, 5) is 47.7. The SMILES string of the molecule is CC(=O)N(c1ccc(C2=NNC(=O)CC2C)cc1)C1NC(=O)NC1=O. The first-order valence-corrected chi connectivity index (χ1v) is 7.75. The lowest BCUT2D eigenvalue weighted by atomic mass is 9.94. The molecule has 1 aromatic rings. The Bertz CT molecular complexity index is 786. The van der Waals surface area contributed by atoms with Gasteiger partial charge in [-0.2, -0.15) is 5.10 Å². The van der Waals surface area contributed by atoms with E-state index in [0.29, 0.717) is 12.1 Å². The van der Waals surface area contributed by atoms with Crippen LogP contribution in [0.4, 0.5) is 10.5 Å². The van der Waals surface area contributed by atoms with E-state index in [1.165, 1.54) is 11.8 Å². The summed E-state index contributed by atoms with van der Waals surface area (Å²) >= 11 is 0. The molecule has 0 aromatic heterocycles. The first kappa shape index (κ1) is 16.6. The van der Waals surface area contributed by atoms with Gasteiger partial charge in [-0.3, -0.25) is 24.6 Å². The molecule has 3 rings (SSSR count). The number of nitrogens with one attached hydrogen (secondary N) is 3. The van der Waals surface area contributed by atoms with Gasteiger partial charge in [0.05, 0.1) is 5.71 Å². The van der Waals surface area contributed by atoms with E-state index in [4.69, 9.17) is 0 Å². The summed E-state index contributed by atoms with van der Waals surface area (Å²) in [5, 5.41) is 8.60. The number of imide groups is 1. The fraction of sp³-hybridized carbons (Fsp3) is 0.312. The number of amides is 5. The fourth-order valence-corrected chi connectivity index (χ4v) is 2.90. The highest BCUT2D eigenvalue weighted by atomic mass is 16.2. The predicted octanol–water partition coefficient (Wildman–Crippen LogP) is 0.0651. The van der Waals surface area contributed by atoms with Crippen molar-refractivity contribution in [2.45, 2.75) is 26.4 Å². The normalized spacial score (nSPS) is 22.6. The molecule has 2 aliphatic rings. The molecule has 1 fully saturated rings. The summed E-state index contributed by atoms with van der Waals surface area (Å²) in [6.45, 7) is 3.22. The molecule has 0 aliphatic carbocycles. The van der Waals surface area contributed by atoms with E-state index in [1.54, 1.807) is 24.3 Å². The van der Waals surface area contributed by atoms with Gasteiger partial charge in [-0.25, -0.2) is 10.2 Å². The van der Waals surface area contributed by atoms with Crippen LogP contribution in [-0.2, 0) is 14.4 Å². The number of rotatable bonds is 3. The third-order valence-electron chi connectivity index (χ3n) is 4.05. The van der Waals surface area contributed by atoms with Crippen LogP contribution in [0, 0.1) is 5.92 Å². The first-order chi connectivity index (χ1) is 11.9. The Labute approximate surface area is 143 Å². The van der Waals surface area contributed by atoms with Crippen LogP contribution < -0.4 is 21.0 Å². The average molecular weight is 343 g/mol. The van der Waals surface area contributed by atoms with Crippen LogP contribution in [0.5, 0.6) is 0 Å². The zero-order valence-corrected chi connectivity index (χ0v) is 13.7. The molecule has 1 saturated heterocycles. The molecule has 2 unspecified atom stereocenters. The van der Waals surface area contributed by atoms with Crippen molar-refractivity contribution in [2.24, 2.45) is 11.0 Å². The second-order valence-electron chi connectivity index (χ2n) is 5.94. The van der Waals surface area contributed by atoms with Gasteiger partial charge >= 0.3 is 6.03 Å². The van der Waals surface area contributed by atoms with Crippen molar-refractivity contribution in [3.05, 3.63) is 29.8 Å². The molecule has 0 spiro atoms. The third-order valence-corrected chi connectivity index (χ3v) is 4.05. The van der Waals surface area contributed by atoms with Crippen LogP contribution in [-0.4, -0.2) is 35.6 Å². The summed E-state index contributed by atoms with van der Waals surface area (Å²) < 4.78 is 0. The number of carbonyl (C=O) groups excluding carboxylic acids is 4. The van der Waals surface area contributed by atoms with E-state index in [9.17, 15) is 19.2 Å². The Morgan fingerprint density at radius 2 is 1.88 bits per heavy atom. The molecule has 130 valence electrons. The topological polar surface area (TPSA) is 120 Å². The van der Waals surface area contributed by atoms with Crippen molar-refractivity contribution >= 4 is 35.2 Å². The van der Waals surface area contributed by atoms with Crippen LogP contribution in [0.15, 0.2) is 29.4 Å². The summed E-state index contributed by atoms with van der Waals surface area (Å²) in [7, 11) is 0. The Morgan fingerprint density at radius 3 is 2.40 bits per heavy atom. The highest BCUT2D eigenvalue weighted by molar-refractivity contribution is 6.10. The quantitative estimate of drug-likeness (QED) is 0.672. The minimum absolute atomic E-state index is 0.0246. The lowest BCUT2D eigenvalue weighted by Crippen LogP contribution is -2.49. The lowest BCUT2D eigenvalue weighted by molar-refractivity contribution is -0.124. The van der Waals surface area contributed by atoms with Crippen LogP contribution >= 0.6 is 0 Å². The molecule has 2 heterocycles. The molecule has 0 radical (unpaired) electrons. The van der Waals surface area contributed by atoms with Crippen molar-refractivity contribution < 1.29 is 19.2 Å². The number of nitrogens with zero attached hydrogens (tertiary/aromatic N) is 2. The summed E-state index contributed by atoms with van der Waals surface area (Å²) in [5.41, 5.74) is 4.47. The zero-order chi connectivity index (χ0) is 18.1. The van der Waals surface area contributed by atoms with Gasteiger partial charge in [0.15, 0.2) is 6.17 Å². The van der Waals surface area contributed by atoms with Gasteiger partial charge in [-0.05, 0) is 17.7 Å². The summed E-state index contributed by atoms with van der Waals surface area (Å²) in [6, 6.07) is 6.21. The maximum Gasteiger partial charge on any atom is 0.323 e. The molecule has 9 nitrogen and oxygen atoms in total. The van der Waals surface area contributed by atoms with E-state index >= 15 is 0 Å². The van der Waals surface area contributed by atoms with Crippen LogP contribution in [0.2, 0.25) is 0 Å². The van der Waals surface area contributed by atoms with E-state index in [0.717, 1.165) is 11.3 Å². The maximum atomic E-state index is 12.0. The third kappa shape index (κ3) is 3.21. The molecule has 2 atom stereocenters. The molecule has 0 bridgehead atoms. The van der Waals surface area contributed by atoms with Crippen LogP contribution in [0.25, 0.3) is 0 Å². The molecule has 1 aromatic carbocycles. The highest BCUT2D eigenvalue weighted by Gasteiger charge is 2.37. The smallest absolute Gasteiger partial charge is 0.309 e. The standard InChI is InChI=1S/C16H17N5O4/c1-8-7-12(23)19-20-13(8)10-3-5-11(6-4-10)21(9(2)22)14-15(24)18-16(25)17-14/h3-6,8,14H,7H2,1-2H3,(H,19,23)(H2,17,18,24,25). The zero-order valence-electron chi connectivity index (χ0n) is 13.7. The molecule has 25 heavy (non-hydrogen) atoms. The highest BCUT2D eigenvalue weighted by Crippen LogP contribution is 2.22. The molecular formula is C16H17N5O4. The summed E-state index contributed by atoms with van der Waals surface area (Å²) in [5.74, 6) is -1.12. The number of hydrogen-bond acceptors (Lipinski definition) is 5. The Balaban J connectivity index is 1.87. The van der Waals surface area contributed by atoms with Gasteiger partial charge in [-0.1, -0.05) is 19.1 Å².